The Balaban J connectivity index is 0.00000137. The predicted octanol–water partition coefficient (Wildman–Crippen LogP) is 9.20. The van der Waals surface area contributed by atoms with Gasteiger partial charge in [-0.1, -0.05) is 84.4 Å². The summed E-state index contributed by atoms with van der Waals surface area (Å²) in [6, 6.07) is 1.55. The zero-order valence-corrected chi connectivity index (χ0v) is 24.5. The van der Waals surface area contributed by atoms with Gasteiger partial charge >= 0.3 is 37.9 Å². The van der Waals surface area contributed by atoms with E-state index in [9.17, 15) is 0 Å². The Kier molecular flexibility index (Phi) is 13.4. The molecule has 2 fully saturated rings. The monoisotopic (exact) mass is 520 g/mol. The van der Waals surface area contributed by atoms with Crippen molar-refractivity contribution < 1.29 is 20.8 Å². The van der Waals surface area contributed by atoms with Crippen molar-refractivity contribution in [3.05, 3.63) is 39.2 Å². The van der Waals surface area contributed by atoms with Crippen LogP contribution in [0.25, 0.3) is 0 Å². The van der Waals surface area contributed by atoms with Crippen LogP contribution in [0.1, 0.15) is 53.9 Å². The van der Waals surface area contributed by atoms with Gasteiger partial charge < -0.3 is 14.9 Å². The van der Waals surface area contributed by atoms with E-state index in [0.717, 1.165) is 46.6 Å². The molecular formula is C24H44Cl2SiZr. The molecule has 0 nitrogen and oxygen atoms in total. The molecule has 3 rings (SSSR count). The molecule has 0 amide bonds. The molecule has 2 saturated carbocycles. The predicted molar refractivity (Wildman–Crippen MR) is 130 cm³/mol. The van der Waals surface area contributed by atoms with Crippen molar-refractivity contribution in [3.8, 4) is 0 Å². The second kappa shape index (κ2) is 12.9. The Labute approximate surface area is 197 Å². The molecule has 0 N–H and O–H groups in total. The molecule has 0 bridgehead atoms. The molecule has 0 radical (unpaired) electrons. The van der Waals surface area contributed by atoms with Gasteiger partial charge in [0.2, 0.25) is 0 Å². The van der Waals surface area contributed by atoms with Crippen LogP contribution in [0.3, 0.4) is 0 Å². The van der Waals surface area contributed by atoms with Crippen molar-refractivity contribution in [1.29, 1.82) is 0 Å². The van der Waals surface area contributed by atoms with Crippen LogP contribution in [-0.4, -0.2) is 8.07 Å². The van der Waals surface area contributed by atoms with E-state index in [0.29, 0.717) is 0 Å². The van der Waals surface area contributed by atoms with Crippen molar-refractivity contribution in [2.75, 3.05) is 0 Å². The fourth-order valence-electron chi connectivity index (χ4n) is 7.15. The van der Waals surface area contributed by atoms with Gasteiger partial charge in [-0.15, -0.1) is 0 Å². The molecule has 4 heteroatoms. The number of rotatable bonds is 4. The van der Waals surface area contributed by atoms with Crippen molar-refractivity contribution in [2.24, 2.45) is 35.5 Å². The molecule has 0 heterocycles. The molecule has 8 atom stereocenters. The van der Waals surface area contributed by atoms with Gasteiger partial charge in [-0.2, -0.15) is 0 Å². The molecule has 8 unspecified atom stereocenters. The second-order valence-corrected chi connectivity index (χ2v) is 18.1. The van der Waals surface area contributed by atoms with Gasteiger partial charge in [-0.25, -0.2) is 0 Å². The second-order valence-electron chi connectivity index (χ2n) is 9.48. The molecule has 28 heavy (non-hydrogen) atoms. The SMILES string of the molecule is CCC[Si](C)(C1CCC2C=CC=CC21)C1C(C)C(C)C(C)C1C.[CH3-].[CH3-].[Cl][Zr+2][Cl]. The van der Waals surface area contributed by atoms with E-state index in [1.807, 2.05) is 0 Å². The summed E-state index contributed by atoms with van der Waals surface area (Å²) >= 11 is -0.826. The van der Waals surface area contributed by atoms with E-state index < -0.39 is 28.9 Å². The summed E-state index contributed by atoms with van der Waals surface area (Å²) in [7, 11) is 8.58. The fraction of sp³-hybridized carbons (Fsp3) is 0.750. The first-order valence-corrected chi connectivity index (χ1v) is 19.8. The zero-order chi connectivity index (χ0) is 19.5. The van der Waals surface area contributed by atoms with Crippen molar-refractivity contribution in [2.45, 2.75) is 77.6 Å². The van der Waals surface area contributed by atoms with Crippen LogP contribution in [-0.2, 0) is 20.8 Å². The Bertz CT molecular complexity index is 495. The molecule has 0 spiro atoms. The van der Waals surface area contributed by atoms with Gasteiger partial charge in [-0.05, 0) is 53.0 Å². The third kappa shape index (κ3) is 5.69. The summed E-state index contributed by atoms with van der Waals surface area (Å²) in [5.41, 5.74) is 2.07. The van der Waals surface area contributed by atoms with Crippen molar-refractivity contribution in [3.63, 3.8) is 0 Å². The van der Waals surface area contributed by atoms with Crippen LogP contribution in [0.5, 0.6) is 0 Å². The standard InChI is InChI=1S/C22H38Si.2CH3.2ClH.Zr/c1-7-14-23(6,22-17(4)15(2)16(3)18(22)5)21-13-12-19-10-8-9-11-20(19)21;;;;;/h8-11,15-22H,7,12-14H2,1-6H3;2*1H3;2*1H;/q;2*-1;;;+4/p-2. The third-order valence-electron chi connectivity index (χ3n) is 8.59. The number of allylic oxidation sites excluding steroid dienone is 4. The van der Waals surface area contributed by atoms with E-state index in [1.165, 1.54) is 19.3 Å². The van der Waals surface area contributed by atoms with Crippen LogP contribution in [0, 0.1) is 50.4 Å². The van der Waals surface area contributed by atoms with Gasteiger partial charge in [0.15, 0.2) is 0 Å². The van der Waals surface area contributed by atoms with E-state index in [1.54, 1.807) is 6.04 Å². The first kappa shape index (κ1) is 29.2. The normalized spacial score (nSPS) is 40.1. The Morgan fingerprint density at radius 1 is 0.893 bits per heavy atom. The maximum absolute atomic E-state index is 4.93. The first-order valence-electron chi connectivity index (χ1n) is 10.6. The number of hydrogen-bond acceptors (Lipinski definition) is 0. The van der Waals surface area contributed by atoms with Crippen LogP contribution >= 0.6 is 17.0 Å². The number of halogens is 2. The zero-order valence-electron chi connectivity index (χ0n) is 19.5. The quantitative estimate of drug-likeness (QED) is 0.255. The third-order valence-corrected chi connectivity index (χ3v) is 15.1. The van der Waals surface area contributed by atoms with Gasteiger partial charge in [-0.3, -0.25) is 0 Å². The first-order chi connectivity index (χ1) is 12.3. The Hall–Kier alpha value is 1.16. The van der Waals surface area contributed by atoms with Gasteiger partial charge in [0.05, 0.1) is 8.07 Å². The molecular weight excluding hydrogens is 478 g/mol. The minimum absolute atomic E-state index is 0. The average Bonchev–Trinajstić information content (AvgIpc) is 3.13. The van der Waals surface area contributed by atoms with Crippen molar-refractivity contribution in [1.82, 2.24) is 0 Å². The summed E-state index contributed by atoms with van der Waals surface area (Å²) in [5, 5.41) is 0. The average molecular weight is 523 g/mol. The number of fused-ring (bicyclic) bond motifs is 1. The Morgan fingerprint density at radius 3 is 1.89 bits per heavy atom. The van der Waals surface area contributed by atoms with Gasteiger partial charge in [0, 0.05) is 0 Å². The molecule has 162 valence electrons. The van der Waals surface area contributed by atoms with Gasteiger partial charge in [0.25, 0.3) is 0 Å². The van der Waals surface area contributed by atoms with E-state index in [-0.39, 0.29) is 14.9 Å². The molecule has 0 aromatic heterocycles. The topological polar surface area (TPSA) is 0 Å². The van der Waals surface area contributed by atoms with E-state index >= 15 is 0 Å². The Morgan fingerprint density at radius 2 is 1.39 bits per heavy atom. The van der Waals surface area contributed by atoms with Crippen LogP contribution in [0.15, 0.2) is 24.3 Å². The van der Waals surface area contributed by atoms with E-state index in [4.69, 9.17) is 17.0 Å². The van der Waals surface area contributed by atoms with Crippen LogP contribution in [0.2, 0.25) is 23.7 Å². The fourth-order valence-corrected chi connectivity index (χ4v) is 14.5. The van der Waals surface area contributed by atoms with E-state index in [2.05, 4.69) is 65.5 Å². The number of hydrogen-bond donors (Lipinski definition) is 0. The molecule has 0 saturated heterocycles. The van der Waals surface area contributed by atoms with Crippen LogP contribution < -0.4 is 0 Å². The molecule has 0 aliphatic heterocycles. The summed E-state index contributed by atoms with van der Waals surface area (Å²) in [6.45, 7) is 15.5. The molecule has 3 aliphatic carbocycles. The van der Waals surface area contributed by atoms with Gasteiger partial charge in [0.1, 0.15) is 0 Å². The molecule has 3 aliphatic rings. The summed E-state index contributed by atoms with van der Waals surface area (Å²) in [4.78, 5) is 0. The van der Waals surface area contributed by atoms with Crippen molar-refractivity contribution >= 4 is 25.1 Å². The maximum atomic E-state index is 4.93. The summed E-state index contributed by atoms with van der Waals surface area (Å²) < 4.78 is 0. The molecule has 0 aromatic rings. The summed E-state index contributed by atoms with van der Waals surface area (Å²) in [6.07, 6.45) is 14.1. The summed E-state index contributed by atoms with van der Waals surface area (Å²) in [5.74, 6) is 5.43. The van der Waals surface area contributed by atoms with Crippen LogP contribution in [0.4, 0.5) is 0 Å². The molecule has 0 aromatic carbocycles. The minimum atomic E-state index is -1.29.